The fraction of sp³-hybridized carbons (Fsp3) is 0.133. The van der Waals surface area contributed by atoms with Gasteiger partial charge in [-0.3, -0.25) is 9.52 Å². The molecule has 0 unspecified atom stereocenters. The Labute approximate surface area is 243 Å². The molecule has 0 aliphatic heterocycles. The smallest absolute Gasteiger partial charge is 0.266 e. The molecule has 2 N–H and O–H groups in total. The largest absolute Gasteiger partial charge is 0.321 e. The minimum absolute atomic E-state index is 0.0407. The first-order valence-corrected chi connectivity index (χ1v) is 14.4. The Hall–Kier alpha value is -4.03. The van der Waals surface area contributed by atoms with E-state index in [1.54, 1.807) is 12.1 Å². The van der Waals surface area contributed by atoms with E-state index in [1.807, 2.05) is 68.7 Å². The second-order valence-electron chi connectivity index (χ2n) is 9.28. The molecule has 7 nitrogen and oxygen atoms in total. The lowest BCUT2D eigenvalue weighted by Crippen LogP contribution is -2.16. The summed E-state index contributed by atoms with van der Waals surface area (Å²) in [7, 11) is -3.84. The van der Waals surface area contributed by atoms with E-state index in [0.29, 0.717) is 27.0 Å². The van der Waals surface area contributed by atoms with Crippen LogP contribution in [0, 0.1) is 39.0 Å². The van der Waals surface area contributed by atoms with Crippen molar-refractivity contribution in [2.45, 2.75) is 32.6 Å². The number of nitriles is 1. The summed E-state index contributed by atoms with van der Waals surface area (Å²) in [5.41, 5.74) is 5.56. The van der Waals surface area contributed by atoms with Crippen molar-refractivity contribution in [2.24, 2.45) is 0 Å². The van der Waals surface area contributed by atoms with Crippen molar-refractivity contribution in [1.82, 2.24) is 4.57 Å². The molecule has 40 heavy (non-hydrogen) atoms. The van der Waals surface area contributed by atoms with Crippen molar-refractivity contribution in [2.75, 3.05) is 10.0 Å². The van der Waals surface area contributed by atoms with Gasteiger partial charge in [-0.2, -0.15) is 5.26 Å². The van der Waals surface area contributed by atoms with Crippen LogP contribution in [-0.2, 0) is 14.8 Å². The molecule has 0 aliphatic rings. The standard InChI is InChI=1S/C30H26Cl2N4O3S/c1-18-6-5-7-19(2)29(18)35-40(38,39)26-11-8-24(9-12-26)34-30(37)23(17-33)15-22-14-20(3)36(21(22)4)25-10-13-27(31)28(32)16-25/h5-16,35H,1-4H3,(H,34,37)/b23-15+. The predicted molar refractivity (Wildman–Crippen MR) is 161 cm³/mol. The van der Waals surface area contributed by atoms with Gasteiger partial charge in [0.25, 0.3) is 15.9 Å². The number of para-hydroxylation sites is 1. The number of nitrogens with one attached hydrogen (secondary N) is 2. The quantitative estimate of drug-likeness (QED) is 0.173. The van der Waals surface area contributed by atoms with Gasteiger partial charge in [0.1, 0.15) is 11.6 Å². The van der Waals surface area contributed by atoms with Gasteiger partial charge in [-0.15, -0.1) is 0 Å². The SMILES string of the molecule is Cc1cccc(C)c1NS(=O)(=O)c1ccc(NC(=O)/C(C#N)=C/c2cc(C)n(-c3ccc(Cl)c(Cl)c3)c2C)cc1. The van der Waals surface area contributed by atoms with Crippen molar-refractivity contribution in [3.8, 4) is 11.8 Å². The Morgan fingerprint density at radius 2 is 1.57 bits per heavy atom. The van der Waals surface area contributed by atoms with Crippen LogP contribution in [0.1, 0.15) is 28.1 Å². The Morgan fingerprint density at radius 1 is 0.925 bits per heavy atom. The molecule has 204 valence electrons. The van der Waals surface area contributed by atoms with Crippen molar-refractivity contribution in [3.05, 3.63) is 110 Å². The van der Waals surface area contributed by atoms with Crippen LogP contribution in [0.4, 0.5) is 11.4 Å². The third-order valence-corrected chi connectivity index (χ3v) is 8.54. The molecule has 4 rings (SSSR count). The third kappa shape index (κ3) is 6.07. The summed E-state index contributed by atoms with van der Waals surface area (Å²) < 4.78 is 30.4. The molecule has 0 saturated carbocycles. The summed E-state index contributed by atoms with van der Waals surface area (Å²) in [6.45, 7) is 7.44. The molecule has 0 saturated heterocycles. The maximum absolute atomic E-state index is 12.9. The highest BCUT2D eigenvalue weighted by Crippen LogP contribution is 2.29. The fourth-order valence-corrected chi connectivity index (χ4v) is 5.84. The van der Waals surface area contributed by atoms with E-state index in [9.17, 15) is 18.5 Å². The fourth-order valence-electron chi connectivity index (χ4n) is 4.34. The maximum Gasteiger partial charge on any atom is 0.266 e. The first-order chi connectivity index (χ1) is 18.9. The lowest BCUT2D eigenvalue weighted by atomic mass is 10.1. The van der Waals surface area contributed by atoms with Crippen molar-refractivity contribution < 1.29 is 13.2 Å². The number of sulfonamides is 1. The molecule has 0 spiro atoms. The number of aromatic nitrogens is 1. The average Bonchev–Trinajstić information content (AvgIpc) is 3.19. The minimum Gasteiger partial charge on any atom is -0.321 e. The molecule has 3 aromatic carbocycles. The third-order valence-electron chi connectivity index (χ3n) is 6.44. The number of anilines is 2. The number of aryl methyl sites for hydroxylation is 3. The second kappa shape index (κ2) is 11.6. The molecule has 0 radical (unpaired) electrons. The number of nitrogens with zero attached hydrogens (tertiary/aromatic N) is 2. The number of hydrogen-bond acceptors (Lipinski definition) is 4. The Kier molecular flexibility index (Phi) is 8.40. The highest BCUT2D eigenvalue weighted by atomic mass is 35.5. The minimum atomic E-state index is -3.84. The summed E-state index contributed by atoms with van der Waals surface area (Å²) in [6.07, 6.45) is 1.51. The summed E-state index contributed by atoms with van der Waals surface area (Å²) in [5, 5.41) is 13.2. The topological polar surface area (TPSA) is 104 Å². The Morgan fingerprint density at radius 3 is 2.17 bits per heavy atom. The van der Waals surface area contributed by atoms with Gasteiger partial charge in [-0.1, -0.05) is 41.4 Å². The van der Waals surface area contributed by atoms with Gasteiger partial charge in [0, 0.05) is 22.8 Å². The average molecular weight is 594 g/mol. The molecule has 1 aromatic heterocycles. The maximum atomic E-state index is 12.9. The van der Waals surface area contributed by atoms with Gasteiger partial charge >= 0.3 is 0 Å². The monoisotopic (exact) mass is 592 g/mol. The zero-order chi connectivity index (χ0) is 29.2. The van der Waals surface area contributed by atoms with E-state index in [0.717, 1.165) is 28.2 Å². The molecular formula is C30H26Cl2N4O3S. The van der Waals surface area contributed by atoms with Crippen LogP contribution in [0.3, 0.4) is 0 Å². The van der Waals surface area contributed by atoms with Gasteiger partial charge in [0.15, 0.2) is 0 Å². The summed E-state index contributed by atoms with van der Waals surface area (Å²) in [4.78, 5) is 13.0. The van der Waals surface area contributed by atoms with Crippen LogP contribution in [-0.4, -0.2) is 18.9 Å². The summed E-state index contributed by atoms with van der Waals surface area (Å²) in [5.74, 6) is -0.619. The van der Waals surface area contributed by atoms with Gasteiger partial charge < -0.3 is 9.88 Å². The molecule has 0 aliphatic carbocycles. The van der Waals surface area contributed by atoms with Gasteiger partial charge in [-0.25, -0.2) is 8.42 Å². The van der Waals surface area contributed by atoms with Gasteiger partial charge in [-0.05, 0) is 99.0 Å². The van der Waals surface area contributed by atoms with E-state index in [-0.39, 0.29) is 10.5 Å². The van der Waals surface area contributed by atoms with E-state index in [1.165, 1.54) is 30.3 Å². The second-order valence-corrected chi connectivity index (χ2v) is 11.8. The number of hydrogen-bond donors (Lipinski definition) is 2. The molecule has 1 heterocycles. The van der Waals surface area contributed by atoms with Crippen molar-refractivity contribution >= 4 is 56.6 Å². The van der Waals surface area contributed by atoms with Crippen LogP contribution in [0.5, 0.6) is 0 Å². The lowest BCUT2D eigenvalue weighted by Gasteiger charge is -2.13. The predicted octanol–water partition coefficient (Wildman–Crippen LogP) is 7.36. The molecule has 0 fully saturated rings. The molecule has 0 bridgehead atoms. The normalized spacial score (nSPS) is 11.7. The highest BCUT2D eigenvalue weighted by Gasteiger charge is 2.18. The Bertz CT molecular complexity index is 1780. The van der Waals surface area contributed by atoms with E-state index in [4.69, 9.17) is 23.2 Å². The number of halogens is 2. The number of rotatable bonds is 7. The number of carbonyl (C=O) groups excluding carboxylic acids is 1. The first-order valence-electron chi connectivity index (χ1n) is 12.2. The number of amides is 1. The molecule has 10 heteroatoms. The zero-order valence-electron chi connectivity index (χ0n) is 22.2. The van der Waals surface area contributed by atoms with E-state index < -0.39 is 15.9 Å². The Balaban J connectivity index is 1.54. The van der Waals surface area contributed by atoms with Crippen molar-refractivity contribution in [1.29, 1.82) is 5.26 Å². The van der Waals surface area contributed by atoms with Gasteiger partial charge in [0.05, 0.1) is 20.6 Å². The van der Waals surface area contributed by atoms with E-state index in [2.05, 4.69) is 10.0 Å². The lowest BCUT2D eigenvalue weighted by molar-refractivity contribution is -0.112. The van der Waals surface area contributed by atoms with Crippen LogP contribution >= 0.6 is 23.2 Å². The molecule has 0 atom stereocenters. The molecule has 1 amide bonds. The zero-order valence-corrected chi connectivity index (χ0v) is 24.5. The van der Waals surface area contributed by atoms with Gasteiger partial charge in [0.2, 0.25) is 0 Å². The van der Waals surface area contributed by atoms with Crippen LogP contribution in [0.2, 0.25) is 10.0 Å². The molecule has 4 aromatic rings. The van der Waals surface area contributed by atoms with Crippen molar-refractivity contribution in [3.63, 3.8) is 0 Å². The number of benzene rings is 3. The first kappa shape index (κ1) is 29.0. The summed E-state index contributed by atoms with van der Waals surface area (Å²) >= 11 is 12.2. The summed E-state index contributed by atoms with van der Waals surface area (Å²) in [6, 6.07) is 20.4. The van der Waals surface area contributed by atoms with Crippen LogP contribution < -0.4 is 10.0 Å². The van der Waals surface area contributed by atoms with Crippen LogP contribution in [0.15, 0.2) is 77.2 Å². The number of carbonyl (C=O) groups is 1. The molecular weight excluding hydrogens is 567 g/mol. The highest BCUT2D eigenvalue weighted by molar-refractivity contribution is 7.92. The van der Waals surface area contributed by atoms with Crippen LogP contribution in [0.25, 0.3) is 11.8 Å². The van der Waals surface area contributed by atoms with E-state index >= 15 is 0 Å².